The van der Waals surface area contributed by atoms with Crippen molar-refractivity contribution in [2.24, 2.45) is 5.92 Å². The lowest BCUT2D eigenvalue weighted by atomic mass is 9.94. The van der Waals surface area contributed by atoms with Gasteiger partial charge < -0.3 is 18.6 Å². The Hall–Kier alpha value is -3.02. The molecule has 146 valence electrons. The Kier molecular flexibility index (Phi) is 4.94. The SMILES string of the molecule is CC(c1cc2ccccc2o1)N(C)C(=O)C1CCN(C(=O)c2ccco2)CC1. The van der Waals surface area contributed by atoms with E-state index in [9.17, 15) is 9.59 Å². The van der Waals surface area contributed by atoms with Gasteiger partial charge in [0, 0.05) is 31.4 Å². The first-order valence-electron chi connectivity index (χ1n) is 9.62. The van der Waals surface area contributed by atoms with Gasteiger partial charge in [0.15, 0.2) is 5.76 Å². The molecule has 1 saturated heterocycles. The van der Waals surface area contributed by atoms with Crippen LogP contribution in [0.1, 0.15) is 42.1 Å². The highest BCUT2D eigenvalue weighted by Gasteiger charge is 2.32. The van der Waals surface area contributed by atoms with Crippen LogP contribution in [0.3, 0.4) is 0 Å². The van der Waals surface area contributed by atoms with E-state index in [4.69, 9.17) is 8.83 Å². The molecule has 1 fully saturated rings. The summed E-state index contributed by atoms with van der Waals surface area (Å²) in [6, 6.07) is 13.1. The van der Waals surface area contributed by atoms with Gasteiger partial charge in [-0.25, -0.2) is 0 Å². The van der Waals surface area contributed by atoms with Gasteiger partial charge in [0.05, 0.1) is 12.3 Å². The number of rotatable bonds is 4. The summed E-state index contributed by atoms with van der Waals surface area (Å²) in [7, 11) is 1.82. The summed E-state index contributed by atoms with van der Waals surface area (Å²) in [5.41, 5.74) is 0.829. The van der Waals surface area contributed by atoms with Gasteiger partial charge in [-0.1, -0.05) is 18.2 Å². The number of piperidine rings is 1. The average molecular weight is 380 g/mol. The number of benzene rings is 1. The lowest BCUT2D eigenvalue weighted by Crippen LogP contribution is -2.43. The molecule has 1 aromatic carbocycles. The molecule has 1 aliphatic heterocycles. The quantitative estimate of drug-likeness (QED) is 0.683. The molecule has 6 nitrogen and oxygen atoms in total. The van der Waals surface area contributed by atoms with Gasteiger partial charge in [-0.2, -0.15) is 0 Å². The molecule has 0 spiro atoms. The molecule has 2 aromatic heterocycles. The Morgan fingerprint density at radius 2 is 1.89 bits per heavy atom. The molecule has 1 aliphatic rings. The van der Waals surface area contributed by atoms with E-state index in [0.717, 1.165) is 16.7 Å². The zero-order valence-corrected chi connectivity index (χ0v) is 16.1. The zero-order valence-electron chi connectivity index (χ0n) is 16.1. The highest BCUT2D eigenvalue weighted by atomic mass is 16.3. The van der Waals surface area contributed by atoms with Crippen molar-refractivity contribution in [2.45, 2.75) is 25.8 Å². The Bertz CT molecular complexity index is 935. The van der Waals surface area contributed by atoms with Crippen LogP contribution in [0.15, 0.2) is 57.6 Å². The van der Waals surface area contributed by atoms with Crippen molar-refractivity contribution in [1.29, 1.82) is 0 Å². The van der Waals surface area contributed by atoms with Gasteiger partial charge in [0.2, 0.25) is 5.91 Å². The van der Waals surface area contributed by atoms with Crippen LogP contribution in [-0.4, -0.2) is 41.8 Å². The third kappa shape index (κ3) is 3.42. The molecule has 4 rings (SSSR count). The van der Waals surface area contributed by atoms with E-state index in [-0.39, 0.29) is 23.8 Å². The highest BCUT2D eigenvalue weighted by Crippen LogP contribution is 2.29. The number of carbonyl (C=O) groups is 2. The normalized spacial score (nSPS) is 16.3. The Morgan fingerprint density at radius 1 is 1.14 bits per heavy atom. The Balaban J connectivity index is 1.38. The van der Waals surface area contributed by atoms with Crippen molar-refractivity contribution in [3.05, 3.63) is 60.2 Å². The van der Waals surface area contributed by atoms with E-state index in [0.29, 0.717) is 31.7 Å². The molecule has 1 unspecified atom stereocenters. The van der Waals surface area contributed by atoms with Crippen LogP contribution in [0.25, 0.3) is 11.0 Å². The summed E-state index contributed by atoms with van der Waals surface area (Å²) < 4.78 is 11.1. The second-order valence-electron chi connectivity index (χ2n) is 7.36. The molecule has 0 N–H and O–H groups in total. The van der Waals surface area contributed by atoms with E-state index in [1.54, 1.807) is 21.9 Å². The van der Waals surface area contributed by atoms with Crippen LogP contribution in [0.2, 0.25) is 0 Å². The number of fused-ring (bicyclic) bond motifs is 1. The van der Waals surface area contributed by atoms with Crippen molar-refractivity contribution in [3.63, 3.8) is 0 Å². The lowest BCUT2D eigenvalue weighted by molar-refractivity contribution is -0.137. The second-order valence-corrected chi connectivity index (χ2v) is 7.36. The number of hydrogen-bond donors (Lipinski definition) is 0. The van der Waals surface area contributed by atoms with E-state index < -0.39 is 0 Å². The van der Waals surface area contributed by atoms with Crippen LogP contribution in [0, 0.1) is 5.92 Å². The minimum Gasteiger partial charge on any atom is -0.459 e. The third-order valence-electron chi connectivity index (χ3n) is 5.65. The number of carbonyl (C=O) groups excluding carboxylic acids is 2. The fourth-order valence-electron chi connectivity index (χ4n) is 3.76. The average Bonchev–Trinajstić information content (AvgIpc) is 3.41. The first-order chi connectivity index (χ1) is 13.5. The molecule has 28 heavy (non-hydrogen) atoms. The summed E-state index contributed by atoms with van der Waals surface area (Å²) >= 11 is 0. The van der Waals surface area contributed by atoms with Crippen LogP contribution in [0.4, 0.5) is 0 Å². The third-order valence-corrected chi connectivity index (χ3v) is 5.65. The molecular formula is C22H24N2O4. The van der Waals surface area contributed by atoms with Crippen LogP contribution in [-0.2, 0) is 4.79 Å². The van der Waals surface area contributed by atoms with Gasteiger partial charge in [-0.15, -0.1) is 0 Å². The molecule has 1 atom stereocenters. The smallest absolute Gasteiger partial charge is 0.289 e. The number of likely N-dealkylation sites (tertiary alicyclic amines) is 1. The van der Waals surface area contributed by atoms with E-state index in [1.807, 2.05) is 44.3 Å². The van der Waals surface area contributed by atoms with Crippen LogP contribution >= 0.6 is 0 Å². The van der Waals surface area contributed by atoms with Gasteiger partial charge >= 0.3 is 0 Å². The molecule has 0 bridgehead atoms. The van der Waals surface area contributed by atoms with E-state index in [1.165, 1.54) is 6.26 Å². The van der Waals surface area contributed by atoms with E-state index in [2.05, 4.69) is 0 Å². The molecule has 0 saturated carbocycles. The predicted molar refractivity (Wildman–Crippen MR) is 105 cm³/mol. The number of furan rings is 2. The largest absolute Gasteiger partial charge is 0.459 e. The Labute approximate surface area is 163 Å². The molecular weight excluding hydrogens is 356 g/mol. The summed E-state index contributed by atoms with van der Waals surface area (Å²) in [5.74, 6) is 1.03. The maximum absolute atomic E-state index is 13.0. The maximum atomic E-state index is 13.0. The van der Waals surface area contributed by atoms with Gasteiger partial charge in [-0.05, 0) is 44.0 Å². The summed E-state index contributed by atoms with van der Waals surface area (Å²) in [4.78, 5) is 28.9. The fraction of sp³-hybridized carbons (Fsp3) is 0.364. The van der Waals surface area contributed by atoms with E-state index >= 15 is 0 Å². The second kappa shape index (κ2) is 7.54. The van der Waals surface area contributed by atoms with Crippen molar-refractivity contribution in [3.8, 4) is 0 Å². The van der Waals surface area contributed by atoms with Gasteiger partial charge in [0.1, 0.15) is 11.3 Å². The molecule has 0 aliphatic carbocycles. The van der Waals surface area contributed by atoms with Gasteiger partial charge in [0.25, 0.3) is 5.91 Å². The molecule has 2 amide bonds. The summed E-state index contributed by atoms with van der Waals surface area (Å²) in [6.07, 6.45) is 2.81. The fourth-order valence-corrected chi connectivity index (χ4v) is 3.76. The van der Waals surface area contributed by atoms with Crippen LogP contribution in [0.5, 0.6) is 0 Å². The van der Waals surface area contributed by atoms with Gasteiger partial charge in [-0.3, -0.25) is 9.59 Å². The number of hydrogen-bond acceptors (Lipinski definition) is 4. The minimum atomic E-state index is -0.150. The van der Waals surface area contributed by atoms with Crippen molar-refractivity contribution >= 4 is 22.8 Å². The predicted octanol–water partition coefficient (Wildman–Crippen LogP) is 4.10. The van der Waals surface area contributed by atoms with Crippen LogP contribution < -0.4 is 0 Å². The van der Waals surface area contributed by atoms with Crippen molar-refractivity contribution in [2.75, 3.05) is 20.1 Å². The van der Waals surface area contributed by atoms with Crippen molar-refractivity contribution < 1.29 is 18.4 Å². The number of nitrogens with zero attached hydrogens (tertiary/aromatic N) is 2. The summed E-state index contributed by atoms with van der Waals surface area (Å²) in [6.45, 7) is 3.09. The topological polar surface area (TPSA) is 66.9 Å². The molecule has 0 radical (unpaired) electrons. The lowest BCUT2D eigenvalue weighted by Gasteiger charge is -2.34. The first-order valence-corrected chi connectivity index (χ1v) is 9.62. The Morgan fingerprint density at radius 3 is 2.57 bits per heavy atom. The highest BCUT2D eigenvalue weighted by molar-refractivity contribution is 5.91. The molecule has 3 heterocycles. The monoisotopic (exact) mass is 380 g/mol. The number of para-hydroxylation sites is 1. The first kappa shape index (κ1) is 18.3. The maximum Gasteiger partial charge on any atom is 0.289 e. The molecule has 6 heteroatoms. The zero-order chi connectivity index (χ0) is 19.7. The standard InChI is InChI=1S/C22H24N2O4/c1-15(20-14-17-6-3-4-7-18(17)28-20)23(2)21(25)16-9-11-24(12-10-16)22(26)19-8-5-13-27-19/h3-8,13-16H,9-12H2,1-2H3. The molecule has 3 aromatic rings. The minimum absolute atomic E-state index is 0.0857. The van der Waals surface area contributed by atoms with Crippen molar-refractivity contribution in [1.82, 2.24) is 9.80 Å². The summed E-state index contributed by atoms with van der Waals surface area (Å²) in [5, 5.41) is 1.04. The number of amides is 2.